The average molecular weight is 690 g/mol. The molecule has 260 valence electrons. The summed E-state index contributed by atoms with van der Waals surface area (Å²) in [6.07, 6.45) is 0.574. The number of likely N-dealkylation sites (tertiary alicyclic amines) is 1. The predicted octanol–water partition coefficient (Wildman–Crippen LogP) is 7.09. The Hall–Kier alpha value is -3.18. The van der Waals surface area contributed by atoms with E-state index in [0.717, 1.165) is 11.1 Å². The molecule has 1 saturated carbocycles. The summed E-state index contributed by atoms with van der Waals surface area (Å²) >= 11 is 6.54. The molecule has 0 radical (unpaired) electrons. The van der Waals surface area contributed by atoms with Crippen LogP contribution in [0.4, 0.5) is 13.2 Å². The molecule has 12 heteroatoms. The minimum Gasteiger partial charge on any atom is -0.460 e. The molecule has 3 unspecified atom stereocenters. The van der Waals surface area contributed by atoms with Gasteiger partial charge in [0.05, 0.1) is 38.9 Å². The number of aromatic nitrogens is 2. The maximum absolute atomic E-state index is 14.4. The Bertz CT molecular complexity index is 1670. The molecule has 1 aromatic carbocycles. The number of rotatable bonds is 6. The number of ether oxygens (including phenoxy) is 2. The van der Waals surface area contributed by atoms with Crippen LogP contribution >= 0.6 is 11.6 Å². The van der Waals surface area contributed by atoms with Crippen LogP contribution in [0, 0.1) is 11.8 Å². The number of hydrogen-bond acceptors (Lipinski definition) is 6. The number of methoxy groups -OCH3 is 1. The zero-order valence-corrected chi connectivity index (χ0v) is 28.9. The van der Waals surface area contributed by atoms with E-state index >= 15 is 0 Å². The van der Waals surface area contributed by atoms with Gasteiger partial charge in [-0.3, -0.25) is 14.4 Å². The molecule has 1 amide bonds. The molecule has 2 fully saturated rings. The number of carbonyl (C=O) groups excluding carboxylic acids is 3. The van der Waals surface area contributed by atoms with Gasteiger partial charge in [-0.15, -0.1) is 0 Å². The molecule has 0 bridgehead atoms. The van der Waals surface area contributed by atoms with Crippen molar-refractivity contribution in [3.63, 3.8) is 0 Å². The van der Waals surface area contributed by atoms with Crippen LogP contribution in [0.1, 0.15) is 106 Å². The Balaban J connectivity index is 1.37. The van der Waals surface area contributed by atoms with E-state index in [1.165, 1.54) is 22.9 Å². The normalized spacial score (nSPS) is 25.4. The second-order valence-corrected chi connectivity index (χ2v) is 15.5. The van der Waals surface area contributed by atoms with Gasteiger partial charge >= 0.3 is 12.1 Å². The summed E-state index contributed by atoms with van der Waals surface area (Å²) in [6.45, 7) is 8.47. The van der Waals surface area contributed by atoms with E-state index in [4.69, 9.17) is 26.2 Å². The van der Waals surface area contributed by atoms with Gasteiger partial charge in [-0.05, 0) is 96.3 Å². The number of esters is 1. The van der Waals surface area contributed by atoms with Crippen LogP contribution in [-0.4, -0.2) is 70.0 Å². The Morgan fingerprint density at radius 1 is 1.04 bits per heavy atom. The van der Waals surface area contributed by atoms with Crippen LogP contribution in [0.15, 0.2) is 24.3 Å². The Kier molecular flexibility index (Phi) is 8.89. The highest BCUT2D eigenvalue weighted by Gasteiger charge is 2.65. The number of benzene rings is 1. The lowest BCUT2D eigenvalue weighted by Gasteiger charge is -2.29. The highest BCUT2D eigenvalue weighted by Crippen LogP contribution is 2.60. The number of alkyl halides is 3. The van der Waals surface area contributed by atoms with Gasteiger partial charge in [-0.2, -0.15) is 23.0 Å². The second-order valence-electron chi connectivity index (χ2n) is 15.1. The average Bonchev–Trinajstić information content (AvgIpc) is 3.64. The Morgan fingerprint density at radius 2 is 1.75 bits per heavy atom. The third-order valence-electron chi connectivity index (χ3n) is 10.5. The fraction of sp³-hybridized carbons (Fsp3) is 0.611. The van der Waals surface area contributed by atoms with Crippen molar-refractivity contribution in [2.24, 2.45) is 11.8 Å². The van der Waals surface area contributed by atoms with Crippen LogP contribution < -0.4 is 0 Å². The van der Waals surface area contributed by atoms with Crippen LogP contribution in [0.5, 0.6) is 0 Å². The van der Waals surface area contributed by atoms with E-state index < -0.39 is 34.6 Å². The minimum absolute atomic E-state index is 0.0345. The third-order valence-corrected chi connectivity index (χ3v) is 10.9. The van der Waals surface area contributed by atoms with Gasteiger partial charge in [0.1, 0.15) is 5.60 Å². The summed E-state index contributed by atoms with van der Waals surface area (Å²) < 4.78 is 55.5. The SMILES string of the molecule is COC1(C)CCN(C(=O)C2CCc3c(C4=CCC(C(=O)OC(C)(C)C)CC4)nn(C(=O)c4c(Cl)cccc4C4(C(F)(F)F)CC4)c3C2)C1. The first-order valence-corrected chi connectivity index (χ1v) is 17.1. The van der Waals surface area contributed by atoms with E-state index in [1.54, 1.807) is 12.0 Å². The number of halogens is 4. The molecular formula is C36H43ClF3N3O5. The van der Waals surface area contributed by atoms with Crippen molar-refractivity contribution in [1.82, 2.24) is 14.7 Å². The highest BCUT2D eigenvalue weighted by molar-refractivity contribution is 6.34. The van der Waals surface area contributed by atoms with Crippen molar-refractivity contribution >= 4 is 35.0 Å². The number of allylic oxidation sites excluding steroid dienone is 2. The van der Waals surface area contributed by atoms with E-state index in [9.17, 15) is 27.6 Å². The molecule has 2 aromatic rings. The highest BCUT2D eigenvalue weighted by atomic mass is 35.5. The van der Waals surface area contributed by atoms with E-state index in [2.05, 4.69) is 0 Å². The number of hydrogen-bond donors (Lipinski definition) is 0. The van der Waals surface area contributed by atoms with Crippen LogP contribution in [0.25, 0.3) is 5.57 Å². The van der Waals surface area contributed by atoms with E-state index in [0.29, 0.717) is 63.0 Å². The molecule has 6 rings (SSSR count). The fourth-order valence-corrected chi connectivity index (χ4v) is 7.78. The van der Waals surface area contributed by atoms with Gasteiger partial charge < -0.3 is 14.4 Å². The maximum atomic E-state index is 14.4. The van der Waals surface area contributed by atoms with Crippen molar-refractivity contribution in [1.29, 1.82) is 0 Å². The molecule has 8 nitrogen and oxygen atoms in total. The number of carbonyl (C=O) groups is 3. The van der Waals surface area contributed by atoms with Gasteiger partial charge in [0, 0.05) is 38.1 Å². The molecule has 0 spiro atoms. The van der Waals surface area contributed by atoms with Gasteiger partial charge in [0.25, 0.3) is 5.91 Å². The monoisotopic (exact) mass is 689 g/mol. The van der Waals surface area contributed by atoms with Crippen molar-refractivity contribution < 1.29 is 37.0 Å². The zero-order chi connectivity index (χ0) is 34.8. The lowest BCUT2D eigenvalue weighted by molar-refractivity contribution is -0.161. The molecule has 3 atom stereocenters. The summed E-state index contributed by atoms with van der Waals surface area (Å²) in [6, 6.07) is 4.20. The third kappa shape index (κ3) is 6.32. The molecule has 0 N–H and O–H groups in total. The van der Waals surface area contributed by atoms with Crippen molar-refractivity contribution in [2.75, 3.05) is 20.2 Å². The Morgan fingerprint density at radius 3 is 2.33 bits per heavy atom. The number of amides is 1. The Labute approximate surface area is 284 Å². The molecule has 3 aliphatic carbocycles. The first kappa shape index (κ1) is 34.7. The van der Waals surface area contributed by atoms with Gasteiger partial charge in [-0.25, -0.2) is 0 Å². The van der Waals surface area contributed by atoms with Gasteiger partial charge in [0.2, 0.25) is 5.91 Å². The smallest absolute Gasteiger partial charge is 0.398 e. The van der Waals surface area contributed by atoms with E-state index in [1.807, 2.05) is 33.8 Å². The minimum atomic E-state index is -4.55. The van der Waals surface area contributed by atoms with Crippen LogP contribution in [0.3, 0.4) is 0 Å². The summed E-state index contributed by atoms with van der Waals surface area (Å²) in [7, 11) is 1.63. The van der Waals surface area contributed by atoms with Crippen molar-refractivity contribution in [3.05, 3.63) is 57.4 Å². The molecule has 1 aliphatic heterocycles. The summed E-state index contributed by atoms with van der Waals surface area (Å²) in [5, 5.41) is 4.72. The van der Waals surface area contributed by atoms with Gasteiger partial charge in [-0.1, -0.05) is 29.8 Å². The lowest BCUT2D eigenvalue weighted by atomic mass is 9.82. The molecule has 1 aromatic heterocycles. The summed E-state index contributed by atoms with van der Waals surface area (Å²) in [4.78, 5) is 42.8. The van der Waals surface area contributed by atoms with E-state index in [-0.39, 0.29) is 53.2 Å². The lowest BCUT2D eigenvalue weighted by Crippen LogP contribution is -2.40. The molecule has 2 heterocycles. The quantitative estimate of drug-likeness (QED) is 0.301. The zero-order valence-electron chi connectivity index (χ0n) is 28.1. The maximum Gasteiger partial charge on any atom is 0.398 e. The standard InChI is InChI=1S/C36H43ClF3N3O5/c1-33(2,3)48-32(46)22-11-9-21(10-12-22)29-24-14-13-23(30(44)42-18-17-34(4,20-42)47-5)19-27(24)43(41-29)31(45)28-25(7-6-8-26(28)37)35(15-16-35)36(38,39)40/h6-9,22-23H,10-20H2,1-5H3. The van der Waals surface area contributed by atoms with Crippen molar-refractivity contribution in [2.45, 2.75) is 108 Å². The largest absolute Gasteiger partial charge is 0.460 e. The van der Waals surface area contributed by atoms with Gasteiger partial charge in [0.15, 0.2) is 0 Å². The first-order valence-electron chi connectivity index (χ1n) is 16.7. The first-order chi connectivity index (χ1) is 22.5. The molecular weight excluding hydrogens is 647 g/mol. The fourth-order valence-electron chi connectivity index (χ4n) is 7.52. The van der Waals surface area contributed by atoms with Crippen LogP contribution in [-0.2, 0) is 37.3 Å². The van der Waals surface area contributed by atoms with Crippen molar-refractivity contribution in [3.8, 4) is 0 Å². The number of fused-ring (bicyclic) bond motifs is 1. The topological polar surface area (TPSA) is 90.7 Å². The summed E-state index contributed by atoms with van der Waals surface area (Å²) in [5.41, 5.74) is -0.738. The van der Waals surface area contributed by atoms with Crippen LogP contribution in [0.2, 0.25) is 5.02 Å². The molecule has 1 saturated heterocycles. The second kappa shape index (κ2) is 12.3. The predicted molar refractivity (Wildman–Crippen MR) is 174 cm³/mol. The summed E-state index contributed by atoms with van der Waals surface area (Å²) in [5.74, 6) is -1.78. The molecule has 4 aliphatic rings. The molecule has 48 heavy (non-hydrogen) atoms. The number of nitrogens with zero attached hydrogens (tertiary/aromatic N) is 3.